The summed E-state index contributed by atoms with van der Waals surface area (Å²) in [6.07, 6.45) is 4.91. The Morgan fingerprint density at radius 3 is 2.46 bits per heavy atom. The third kappa shape index (κ3) is 6.95. The van der Waals surface area contributed by atoms with E-state index in [-0.39, 0.29) is 24.0 Å². The van der Waals surface area contributed by atoms with Gasteiger partial charge in [0.25, 0.3) is 0 Å². The molecular weight excluding hydrogens is 537 g/mol. The zero-order valence-electron chi connectivity index (χ0n) is 17.3. The van der Waals surface area contributed by atoms with Crippen LogP contribution in [0.25, 0.3) is 0 Å². The molecule has 0 unspecified atom stereocenters. The van der Waals surface area contributed by atoms with E-state index in [4.69, 9.17) is 19.2 Å². The molecule has 160 valence electrons. The molecule has 1 aromatic rings. The predicted octanol–water partition coefficient (Wildman–Crippen LogP) is 4.35. The quantitative estimate of drug-likeness (QED) is 0.249. The molecular formula is C20H33BrIN3O3. The van der Waals surface area contributed by atoms with E-state index in [1.807, 2.05) is 12.1 Å². The second kappa shape index (κ2) is 12.7. The number of benzene rings is 1. The van der Waals surface area contributed by atoms with Gasteiger partial charge in [0.15, 0.2) is 17.5 Å². The molecule has 1 fully saturated rings. The molecule has 1 aliphatic carbocycles. The molecule has 0 aliphatic heterocycles. The number of nitrogens with zero attached hydrogens (tertiary/aromatic N) is 1. The second-order valence-corrected chi connectivity index (χ2v) is 7.81. The first-order chi connectivity index (χ1) is 13.1. The third-order valence-corrected chi connectivity index (χ3v) is 5.73. The van der Waals surface area contributed by atoms with Crippen molar-refractivity contribution in [1.29, 1.82) is 0 Å². The first-order valence-electron chi connectivity index (χ1n) is 9.49. The lowest BCUT2D eigenvalue weighted by Gasteiger charge is -2.42. The first kappa shape index (κ1) is 25.3. The molecule has 1 aromatic carbocycles. The molecule has 0 bridgehead atoms. The summed E-state index contributed by atoms with van der Waals surface area (Å²) in [5.41, 5.74) is 1.40. The van der Waals surface area contributed by atoms with Gasteiger partial charge >= 0.3 is 0 Å². The van der Waals surface area contributed by atoms with Gasteiger partial charge in [0, 0.05) is 26.8 Å². The van der Waals surface area contributed by atoms with Crippen LogP contribution in [0.3, 0.4) is 0 Å². The summed E-state index contributed by atoms with van der Waals surface area (Å²) in [5.74, 6) is 2.23. The predicted molar refractivity (Wildman–Crippen MR) is 128 cm³/mol. The molecule has 0 spiro atoms. The number of guanidine groups is 1. The average Bonchev–Trinajstić information content (AvgIpc) is 2.64. The molecule has 0 heterocycles. The van der Waals surface area contributed by atoms with Crippen LogP contribution in [0.5, 0.6) is 11.5 Å². The van der Waals surface area contributed by atoms with Gasteiger partial charge in [0.05, 0.1) is 25.2 Å². The van der Waals surface area contributed by atoms with E-state index in [1.54, 1.807) is 21.3 Å². The van der Waals surface area contributed by atoms with E-state index in [9.17, 15) is 0 Å². The highest BCUT2D eigenvalue weighted by molar-refractivity contribution is 14.0. The van der Waals surface area contributed by atoms with Crippen LogP contribution < -0.4 is 20.1 Å². The van der Waals surface area contributed by atoms with Crippen LogP contribution in [0.2, 0.25) is 0 Å². The van der Waals surface area contributed by atoms with Gasteiger partial charge in [-0.15, -0.1) is 24.0 Å². The van der Waals surface area contributed by atoms with Gasteiger partial charge in [-0.3, -0.25) is 0 Å². The normalized spacial score (nSPS) is 15.2. The number of halogens is 2. The van der Waals surface area contributed by atoms with E-state index in [2.05, 4.69) is 33.5 Å². The lowest BCUT2D eigenvalue weighted by Crippen LogP contribution is -2.46. The van der Waals surface area contributed by atoms with E-state index < -0.39 is 0 Å². The molecule has 0 radical (unpaired) electrons. The zero-order chi connectivity index (χ0) is 19.7. The molecule has 2 N–H and O–H groups in total. The van der Waals surface area contributed by atoms with Crippen LogP contribution >= 0.6 is 39.9 Å². The van der Waals surface area contributed by atoms with Gasteiger partial charge in [-0.2, -0.15) is 0 Å². The number of rotatable bonds is 10. The molecule has 1 aliphatic rings. The standard InChI is InChI=1S/C20H32BrN3O3.HI/c1-5-22-19(24-14-20(7-6-8-20)9-10-25-2)23-13-15-11-16(21)18(27-4)17(12-15)26-3;/h11-12H,5-10,13-14H2,1-4H3,(H2,22,23,24);1H. The third-order valence-electron chi connectivity index (χ3n) is 5.14. The Bertz CT molecular complexity index is 639. The highest BCUT2D eigenvalue weighted by Crippen LogP contribution is 2.43. The molecule has 0 saturated heterocycles. The van der Waals surface area contributed by atoms with Crippen LogP contribution in [-0.4, -0.2) is 47.0 Å². The number of hydrogen-bond donors (Lipinski definition) is 2. The Labute approximate surface area is 194 Å². The fourth-order valence-corrected chi connectivity index (χ4v) is 4.01. The highest BCUT2D eigenvalue weighted by atomic mass is 127. The molecule has 28 heavy (non-hydrogen) atoms. The molecule has 6 nitrogen and oxygen atoms in total. The minimum Gasteiger partial charge on any atom is -0.493 e. The Morgan fingerprint density at radius 2 is 1.93 bits per heavy atom. The van der Waals surface area contributed by atoms with Crippen molar-refractivity contribution in [3.63, 3.8) is 0 Å². The van der Waals surface area contributed by atoms with Crippen LogP contribution in [0.4, 0.5) is 0 Å². The largest absolute Gasteiger partial charge is 0.493 e. The van der Waals surface area contributed by atoms with Gasteiger partial charge in [-0.25, -0.2) is 4.99 Å². The monoisotopic (exact) mass is 569 g/mol. The molecule has 1 saturated carbocycles. The van der Waals surface area contributed by atoms with Crippen molar-refractivity contribution >= 4 is 45.9 Å². The van der Waals surface area contributed by atoms with Crippen molar-refractivity contribution in [2.45, 2.75) is 39.2 Å². The highest BCUT2D eigenvalue weighted by Gasteiger charge is 2.36. The number of ether oxygens (including phenoxy) is 3. The van der Waals surface area contributed by atoms with E-state index in [1.165, 1.54) is 19.3 Å². The molecule has 0 aromatic heterocycles. The summed E-state index contributed by atoms with van der Waals surface area (Å²) in [5, 5.41) is 6.86. The van der Waals surface area contributed by atoms with Crippen molar-refractivity contribution < 1.29 is 14.2 Å². The first-order valence-corrected chi connectivity index (χ1v) is 10.3. The summed E-state index contributed by atoms with van der Waals surface area (Å²) < 4.78 is 16.9. The maximum atomic E-state index is 5.42. The van der Waals surface area contributed by atoms with Gasteiger partial charge in [-0.1, -0.05) is 6.42 Å². The number of hydrogen-bond acceptors (Lipinski definition) is 4. The number of methoxy groups -OCH3 is 3. The lowest BCUT2D eigenvalue weighted by molar-refractivity contribution is 0.0732. The van der Waals surface area contributed by atoms with Crippen LogP contribution in [0.15, 0.2) is 21.6 Å². The van der Waals surface area contributed by atoms with Gasteiger partial charge < -0.3 is 24.8 Å². The fourth-order valence-electron chi connectivity index (χ4n) is 3.36. The van der Waals surface area contributed by atoms with Gasteiger partial charge in [-0.05, 0) is 65.2 Å². The fraction of sp³-hybridized carbons (Fsp3) is 0.650. The SMILES string of the molecule is CCNC(=NCc1cc(Br)c(OC)c(OC)c1)NCC1(CCOC)CCC1.I. The summed E-state index contributed by atoms with van der Waals surface area (Å²) in [4.78, 5) is 4.74. The average molecular weight is 570 g/mol. The molecule has 0 atom stereocenters. The molecule has 8 heteroatoms. The zero-order valence-corrected chi connectivity index (χ0v) is 21.2. The maximum absolute atomic E-state index is 5.42. The van der Waals surface area contributed by atoms with Crippen molar-refractivity contribution in [3.8, 4) is 11.5 Å². The number of aliphatic imine (C=N–C) groups is 1. The van der Waals surface area contributed by atoms with Crippen molar-refractivity contribution in [3.05, 3.63) is 22.2 Å². The minimum absolute atomic E-state index is 0. The van der Waals surface area contributed by atoms with Gasteiger partial charge in [0.1, 0.15) is 0 Å². The minimum atomic E-state index is 0. The lowest BCUT2D eigenvalue weighted by atomic mass is 9.67. The molecule has 0 amide bonds. The smallest absolute Gasteiger partial charge is 0.191 e. The maximum Gasteiger partial charge on any atom is 0.191 e. The second-order valence-electron chi connectivity index (χ2n) is 6.96. The van der Waals surface area contributed by atoms with E-state index >= 15 is 0 Å². The Balaban J connectivity index is 0.00000392. The van der Waals surface area contributed by atoms with Crippen LogP contribution in [0.1, 0.15) is 38.2 Å². The van der Waals surface area contributed by atoms with E-state index in [0.717, 1.165) is 42.1 Å². The Morgan fingerprint density at radius 1 is 1.18 bits per heavy atom. The van der Waals surface area contributed by atoms with Crippen LogP contribution in [0, 0.1) is 5.41 Å². The Kier molecular flexibility index (Phi) is 11.5. The van der Waals surface area contributed by atoms with Crippen molar-refractivity contribution in [2.24, 2.45) is 10.4 Å². The van der Waals surface area contributed by atoms with E-state index in [0.29, 0.717) is 23.5 Å². The summed E-state index contributed by atoms with van der Waals surface area (Å²) in [6, 6.07) is 3.98. The van der Waals surface area contributed by atoms with Crippen molar-refractivity contribution in [1.82, 2.24) is 10.6 Å². The Hall–Kier alpha value is -0.740. The number of nitrogens with one attached hydrogen (secondary N) is 2. The summed E-state index contributed by atoms with van der Waals surface area (Å²) in [7, 11) is 5.04. The molecule has 2 rings (SSSR count). The summed E-state index contributed by atoms with van der Waals surface area (Å²) in [6.45, 7) is 5.20. The summed E-state index contributed by atoms with van der Waals surface area (Å²) >= 11 is 3.54. The topological polar surface area (TPSA) is 64.1 Å². The van der Waals surface area contributed by atoms with Crippen molar-refractivity contribution in [2.75, 3.05) is 41.0 Å². The van der Waals surface area contributed by atoms with Gasteiger partial charge in [0.2, 0.25) is 0 Å². The van der Waals surface area contributed by atoms with Crippen LogP contribution in [-0.2, 0) is 11.3 Å².